The first-order valence-corrected chi connectivity index (χ1v) is 4.21. The van der Waals surface area contributed by atoms with E-state index in [4.69, 9.17) is 5.73 Å². The molecule has 0 heterocycles. The number of carbonyl (C=O) groups is 1. The standard InChI is InChI=1S/C8H9BrN2O/c1-5(12)11-6-2-3-8(10)7(9)4-6/h2-4H,10H2,1H3,(H,11,12). The van der Waals surface area contributed by atoms with Crippen molar-refractivity contribution in [3.63, 3.8) is 0 Å². The molecule has 3 N–H and O–H groups in total. The number of hydrogen-bond acceptors (Lipinski definition) is 2. The van der Waals surface area contributed by atoms with E-state index in [2.05, 4.69) is 21.2 Å². The molecule has 0 spiro atoms. The molecule has 1 aromatic carbocycles. The van der Waals surface area contributed by atoms with Gasteiger partial charge in [0.1, 0.15) is 0 Å². The molecule has 0 bridgehead atoms. The molecule has 1 aromatic rings. The maximum Gasteiger partial charge on any atom is 0.221 e. The Morgan fingerprint density at radius 2 is 2.25 bits per heavy atom. The van der Waals surface area contributed by atoms with E-state index in [1.165, 1.54) is 6.92 Å². The zero-order valence-corrected chi connectivity index (χ0v) is 8.18. The van der Waals surface area contributed by atoms with Crippen LogP contribution in [0, 0.1) is 0 Å². The third-order valence-corrected chi connectivity index (χ3v) is 2.01. The van der Waals surface area contributed by atoms with Gasteiger partial charge in [0.05, 0.1) is 0 Å². The number of benzene rings is 1. The average molecular weight is 229 g/mol. The van der Waals surface area contributed by atoms with Gasteiger partial charge in [-0.25, -0.2) is 0 Å². The monoisotopic (exact) mass is 228 g/mol. The highest BCUT2D eigenvalue weighted by Crippen LogP contribution is 2.22. The summed E-state index contributed by atoms with van der Waals surface area (Å²) in [6.07, 6.45) is 0. The molecule has 64 valence electrons. The van der Waals surface area contributed by atoms with Gasteiger partial charge in [0, 0.05) is 22.8 Å². The molecule has 1 rings (SSSR count). The highest BCUT2D eigenvalue weighted by atomic mass is 79.9. The summed E-state index contributed by atoms with van der Waals surface area (Å²) in [5.74, 6) is -0.0910. The molecule has 0 unspecified atom stereocenters. The zero-order valence-electron chi connectivity index (χ0n) is 6.60. The van der Waals surface area contributed by atoms with E-state index in [1.807, 2.05) is 0 Å². The minimum atomic E-state index is -0.0910. The summed E-state index contributed by atoms with van der Waals surface area (Å²) in [6, 6.07) is 5.24. The quantitative estimate of drug-likeness (QED) is 0.723. The first kappa shape index (κ1) is 9.06. The lowest BCUT2D eigenvalue weighted by molar-refractivity contribution is -0.114. The number of hydrogen-bond donors (Lipinski definition) is 2. The highest BCUT2D eigenvalue weighted by molar-refractivity contribution is 9.10. The van der Waals surface area contributed by atoms with Crippen LogP contribution in [0.3, 0.4) is 0 Å². The molecule has 0 saturated heterocycles. The number of anilines is 2. The molecule has 0 saturated carbocycles. The third-order valence-electron chi connectivity index (χ3n) is 1.32. The van der Waals surface area contributed by atoms with Crippen molar-refractivity contribution >= 4 is 33.2 Å². The Morgan fingerprint density at radius 1 is 1.58 bits per heavy atom. The van der Waals surface area contributed by atoms with Crippen LogP contribution in [0.1, 0.15) is 6.92 Å². The van der Waals surface area contributed by atoms with Crippen LogP contribution in [0.5, 0.6) is 0 Å². The lowest BCUT2D eigenvalue weighted by atomic mass is 10.3. The summed E-state index contributed by atoms with van der Waals surface area (Å²) in [7, 11) is 0. The van der Waals surface area contributed by atoms with E-state index in [0.717, 1.165) is 10.2 Å². The topological polar surface area (TPSA) is 55.1 Å². The number of nitrogens with two attached hydrogens (primary N) is 1. The average Bonchev–Trinajstić information content (AvgIpc) is 1.96. The van der Waals surface area contributed by atoms with Gasteiger partial charge in [0.2, 0.25) is 5.91 Å². The minimum absolute atomic E-state index is 0.0910. The zero-order chi connectivity index (χ0) is 9.14. The van der Waals surface area contributed by atoms with Crippen LogP contribution in [-0.4, -0.2) is 5.91 Å². The Balaban J connectivity index is 2.89. The number of halogens is 1. The van der Waals surface area contributed by atoms with Crippen molar-refractivity contribution in [2.45, 2.75) is 6.92 Å². The van der Waals surface area contributed by atoms with Gasteiger partial charge >= 0.3 is 0 Å². The highest BCUT2D eigenvalue weighted by Gasteiger charge is 1.98. The molecule has 0 aliphatic rings. The fourth-order valence-electron chi connectivity index (χ4n) is 0.808. The van der Waals surface area contributed by atoms with Crippen LogP contribution in [-0.2, 0) is 4.79 Å². The molecular weight excluding hydrogens is 220 g/mol. The van der Waals surface area contributed by atoms with E-state index >= 15 is 0 Å². The molecule has 0 radical (unpaired) electrons. The van der Waals surface area contributed by atoms with Gasteiger partial charge in [-0.05, 0) is 34.1 Å². The Kier molecular flexibility index (Phi) is 2.70. The van der Waals surface area contributed by atoms with Crippen LogP contribution < -0.4 is 11.1 Å². The van der Waals surface area contributed by atoms with Gasteiger partial charge in [0.25, 0.3) is 0 Å². The van der Waals surface area contributed by atoms with Crippen LogP contribution in [0.15, 0.2) is 22.7 Å². The smallest absolute Gasteiger partial charge is 0.221 e. The molecule has 3 nitrogen and oxygen atoms in total. The molecular formula is C8H9BrN2O. The summed E-state index contributed by atoms with van der Waals surface area (Å²) < 4.78 is 0.786. The van der Waals surface area contributed by atoms with Crippen molar-refractivity contribution in [3.05, 3.63) is 22.7 Å². The first-order valence-electron chi connectivity index (χ1n) is 3.42. The Morgan fingerprint density at radius 3 is 2.75 bits per heavy atom. The summed E-state index contributed by atoms with van der Waals surface area (Å²) in [4.78, 5) is 10.7. The van der Waals surface area contributed by atoms with E-state index in [9.17, 15) is 4.79 Å². The fraction of sp³-hybridized carbons (Fsp3) is 0.125. The SMILES string of the molecule is CC(=O)Nc1ccc(N)c(Br)c1. The fourth-order valence-corrected chi connectivity index (χ4v) is 1.19. The van der Waals surface area contributed by atoms with E-state index < -0.39 is 0 Å². The second-order valence-corrected chi connectivity index (χ2v) is 3.27. The maximum absolute atomic E-state index is 10.7. The second kappa shape index (κ2) is 3.58. The van der Waals surface area contributed by atoms with E-state index in [0.29, 0.717) is 5.69 Å². The predicted molar refractivity (Wildman–Crippen MR) is 52.9 cm³/mol. The molecule has 0 aliphatic carbocycles. The lowest BCUT2D eigenvalue weighted by Gasteiger charge is -2.03. The Bertz CT molecular complexity index is 312. The third kappa shape index (κ3) is 2.23. The lowest BCUT2D eigenvalue weighted by Crippen LogP contribution is -2.05. The Labute approximate surface area is 79.1 Å². The first-order chi connectivity index (χ1) is 5.59. The van der Waals surface area contributed by atoms with Crippen LogP contribution in [0.4, 0.5) is 11.4 Å². The second-order valence-electron chi connectivity index (χ2n) is 2.42. The summed E-state index contributed by atoms with van der Waals surface area (Å²) in [5.41, 5.74) is 6.96. The van der Waals surface area contributed by atoms with Gasteiger partial charge < -0.3 is 11.1 Å². The van der Waals surface area contributed by atoms with Crippen molar-refractivity contribution in [3.8, 4) is 0 Å². The van der Waals surface area contributed by atoms with Gasteiger partial charge in [0.15, 0.2) is 0 Å². The van der Waals surface area contributed by atoms with Crippen molar-refractivity contribution in [1.29, 1.82) is 0 Å². The van der Waals surface area contributed by atoms with Crippen molar-refractivity contribution in [1.82, 2.24) is 0 Å². The number of amides is 1. The number of nitrogens with one attached hydrogen (secondary N) is 1. The van der Waals surface area contributed by atoms with Gasteiger partial charge in [-0.1, -0.05) is 0 Å². The molecule has 0 fully saturated rings. The summed E-state index contributed by atoms with van der Waals surface area (Å²) in [6.45, 7) is 1.46. The Hall–Kier alpha value is -1.03. The van der Waals surface area contributed by atoms with Crippen LogP contribution >= 0.6 is 15.9 Å². The molecule has 0 aromatic heterocycles. The summed E-state index contributed by atoms with van der Waals surface area (Å²) in [5, 5.41) is 2.65. The number of carbonyl (C=O) groups excluding carboxylic acids is 1. The van der Waals surface area contributed by atoms with Gasteiger partial charge in [-0.15, -0.1) is 0 Å². The maximum atomic E-state index is 10.7. The predicted octanol–water partition coefficient (Wildman–Crippen LogP) is 1.99. The number of rotatable bonds is 1. The molecule has 4 heteroatoms. The number of nitrogen functional groups attached to an aromatic ring is 1. The van der Waals surface area contributed by atoms with E-state index in [-0.39, 0.29) is 5.91 Å². The normalized spacial score (nSPS) is 9.50. The van der Waals surface area contributed by atoms with E-state index in [1.54, 1.807) is 18.2 Å². The minimum Gasteiger partial charge on any atom is -0.398 e. The molecule has 1 amide bonds. The summed E-state index contributed by atoms with van der Waals surface area (Å²) >= 11 is 3.26. The molecule has 0 aliphatic heterocycles. The van der Waals surface area contributed by atoms with Crippen molar-refractivity contribution < 1.29 is 4.79 Å². The van der Waals surface area contributed by atoms with Gasteiger partial charge in [-0.3, -0.25) is 4.79 Å². The largest absolute Gasteiger partial charge is 0.398 e. The molecule has 12 heavy (non-hydrogen) atoms. The molecule has 0 atom stereocenters. The van der Waals surface area contributed by atoms with Crippen molar-refractivity contribution in [2.75, 3.05) is 11.1 Å². The van der Waals surface area contributed by atoms with Crippen LogP contribution in [0.25, 0.3) is 0 Å². The van der Waals surface area contributed by atoms with Crippen LogP contribution in [0.2, 0.25) is 0 Å². The van der Waals surface area contributed by atoms with Crippen molar-refractivity contribution in [2.24, 2.45) is 0 Å². The van der Waals surface area contributed by atoms with Gasteiger partial charge in [-0.2, -0.15) is 0 Å².